The normalized spacial score (nSPS) is 28.4. The van der Waals surface area contributed by atoms with Crippen molar-refractivity contribution in [3.63, 3.8) is 0 Å². The predicted molar refractivity (Wildman–Crippen MR) is 106 cm³/mol. The molecule has 1 aromatic rings. The summed E-state index contributed by atoms with van der Waals surface area (Å²) in [6.45, 7) is 4.47. The number of carbonyl (C=O) groups is 1. The van der Waals surface area contributed by atoms with Crippen molar-refractivity contribution in [1.29, 1.82) is 0 Å². The molecule has 2 saturated heterocycles. The number of fused-ring (bicyclic) bond motifs is 2. The molecule has 10 heteroatoms. The number of piperazine rings is 1. The molecule has 9 nitrogen and oxygen atoms in total. The number of hydrogen-bond acceptors (Lipinski definition) is 6. The zero-order valence-electron chi connectivity index (χ0n) is 16.9. The van der Waals surface area contributed by atoms with Gasteiger partial charge in [0.1, 0.15) is 11.4 Å². The van der Waals surface area contributed by atoms with Crippen LogP contribution in [0.1, 0.15) is 31.5 Å². The van der Waals surface area contributed by atoms with Crippen LogP contribution in [0.15, 0.2) is 12.4 Å². The van der Waals surface area contributed by atoms with Crippen molar-refractivity contribution in [2.45, 2.75) is 49.2 Å². The Morgan fingerprint density at radius 2 is 1.83 bits per heavy atom. The Bertz CT molecular complexity index is 880. The van der Waals surface area contributed by atoms with E-state index in [0.717, 1.165) is 31.8 Å². The number of amides is 1. The third-order valence-electron chi connectivity index (χ3n) is 6.78. The van der Waals surface area contributed by atoms with Crippen molar-refractivity contribution in [1.82, 2.24) is 23.7 Å². The maximum absolute atomic E-state index is 13.2. The highest BCUT2D eigenvalue weighted by atomic mass is 32.2. The molecule has 1 amide bonds. The van der Waals surface area contributed by atoms with E-state index in [9.17, 15) is 13.2 Å². The van der Waals surface area contributed by atoms with Gasteiger partial charge in [0.15, 0.2) is 6.10 Å². The van der Waals surface area contributed by atoms with Gasteiger partial charge in [0.05, 0.1) is 11.8 Å². The fourth-order valence-electron chi connectivity index (χ4n) is 4.78. The van der Waals surface area contributed by atoms with E-state index in [0.29, 0.717) is 45.6 Å². The van der Waals surface area contributed by atoms with Gasteiger partial charge in [0.25, 0.3) is 5.91 Å². The maximum Gasteiger partial charge on any atom is 0.253 e. The van der Waals surface area contributed by atoms with Crippen molar-refractivity contribution in [3.05, 3.63) is 18.2 Å². The van der Waals surface area contributed by atoms with Gasteiger partial charge in [-0.3, -0.25) is 4.79 Å². The minimum atomic E-state index is -3.19. The van der Waals surface area contributed by atoms with Gasteiger partial charge in [-0.05, 0) is 32.7 Å². The summed E-state index contributed by atoms with van der Waals surface area (Å²) in [4.78, 5) is 21.8. The van der Waals surface area contributed by atoms with Crippen LogP contribution in [0.3, 0.4) is 0 Å². The van der Waals surface area contributed by atoms with E-state index in [2.05, 4.69) is 16.9 Å². The average molecular weight is 424 g/mol. The van der Waals surface area contributed by atoms with E-state index in [1.165, 1.54) is 0 Å². The Kier molecular flexibility index (Phi) is 4.73. The summed E-state index contributed by atoms with van der Waals surface area (Å²) in [7, 11) is -1.12. The van der Waals surface area contributed by atoms with Crippen molar-refractivity contribution in [2.75, 3.05) is 46.3 Å². The summed E-state index contributed by atoms with van der Waals surface area (Å²) in [5, 5.41) is -0.197. The van der Waals surface area contributed by atoms with Crippen molar-refractivity contribution in [3.8, 4) is 0 Å². The highest BCUT2D eigenvalue weighted by molar-refractivity contribution is 7.90. The van der Waals surface area contributed by atoms with Gasteiger partial charge in [-0.2, -0.15) is 0 Å². The monoisotopic (exact) mass is 423 g/mol. The standard InChI is InChI=1S/C19H29N5O4S/c1-21-10-12-22(13-11-21)17(25)16-14-23-9-6-20-18(23)19(28-16)4-7-24(8-5-19)29(26,27)15-2-3-15/h6,9,15-16H,2-5,7-8,10-14H2,1H3/t16-/m1/s1. The third kappa shape index (κ3) is 3.39. The van der Waals surface area contributed by atoms with E-state index < -0.39 is 21.7 Å². The van der Waals surface area contributed by atoms with Gasteiger partial charge in [-0.15, -0.1) is 0 Å². The van der Waals surface area contributed by atoms with Crippen LogP contribution in [0.5, 0.6) is 0 Å². The largest absolute Gasteiger partial charge is 0.352 e. The number of likely N-dealkylation sites (N-methyl/N-ethyl adjacent to an activating group) is 1. The zero-order chi connectivity index (χ0) is 20.2. The maximum atomic E-state index is 13.2. The molecular formula is C19H29N5O4S. The lowest BCUT2D eigenvalue weighted by molar-refractivity contribution is -0.180. The molecule has 160 valence electrons. The molecule has 3 fully saturated rings. The molecule has 1 aliphatic carbocycles. The van der Waals surface area contributed by atoms with E-state index >= 15 is 0 Å². The molecule has 1 spiro atoms. The van der Waals surface area contributed by atoms with E-state index in [4.69, 9.17) is 4.74 Å². The Morgan fingerprint density at radius 3 is 2.48 bits per heavy atom. The lowest BCUT2D eigenvalue weighted by Gasteiger charge is -2.46. The van der Waals surface area contributed by atoms with Crippen molar-refractivity contribution < 1.29 is 17.9 Å². The summed E-state index contributed by atoms with van der Waals surface area (Å²) in [6.07, 6.45) is 5.70. The molecule has 3 aliphatic heterocycles. The fourth-order valence-corrected chi connectivity index (χ4v) is 6.62. The van der Waals surface area contributed by atoms with E-state index in [1.807, 2.05) is 15.7 Å². The Morgan fingerprint density at radius 1 is 1.14 bits per heavy atom. The summed E-state index contributed by atoms with van der Waals surface area (Å²) in [6, 6.07) is 0. The molecule has 0 aromatic carbocycles. The molecular weight excluding hydrogens is 394 g/mol. The summed E-state index contributed by atoms with van der Waals surface area (Å²) in [5.74, 6) is 0.855. The smallest absolute Gasteiger partial charge is 0.253 e. The minimum absolute atomic E-state index is 0.0323. The number of carbonyl (C=O) groups excluding carboxylic acids is 1. The van der Waals surface area contributed by atoms with Crippen molar-refractivity contribution >= 4 is 15.9 Å². The second-order valence-corrected chi connectivity index (χ2v) is 11.0. The van der Waals surface area contributed by atoms with Crippen LogP contribution in [0.25, 0.3) is 0 Å². The van der Waals surface area contributed by atoms with E-state index in [1.54, 1.807) is 10.5 Å². The molecule has 1 aromatic heterocycles. The Labute approximate surface area is 171 Å². The van der Waals surface area contributed by atoms with Crippen LogP contribution in [0.2, 0.25) is 0 Å². The van der Waals surface area contributed by atoms with Crippen LogP contribution in [0.4, 0.5) is 0 Å². The lowest BCUT2D eigenvalue weighted by atomic mass is 9.89. The first-order valence-electron chi connectivity index (χ1n) is 10.5. The first kappa shape index (κ1) is 19.5. The molecule has 5 rings (SSSR count). The first-order chi connectivity index (χ1) is 13.9. The molecule has 1 atom stereocenters. The molecule has 4 heterocycles. The summed E-state index contributed by atoms with van der Waals surface area (Å²) >= 11 is 0. The molecule has 0 N–H and O–H groups in total. The number of nitrogens with zero attached hydrogens (tertiary/aromatic N) is 5. The number of imidazole rings is 1. The van der Waals surface area contributed by atoms with Crippen molar-refractivity contribution in [2.24, 2.45) is 0 Å². The molecule has 4 aliphatic rings. The van der Waals surface area contributed by atoms with Crippen LogP contribution in [-0.2, 0) is 31.7 Å². The molecule has 0 radical (unpaired) electrons. The van der Waals surface area contributed by atoms with Crippen LogP contribution in [0, 0.1) is 0 Å². The summed E-state index contributed by atoms with van der Waals surface area (Å²) < 4.78 is 35.3. The predicted octanol–water partition coefficient (Wildman–Crippen LogP) is -0.161. The second kappa shape index (κ2) is 7.04. The van der Waals surface area contributed by atoms with Gasteiger partial charge < -0.3 is 19.1 Å². The topological polar surface area (TPSA) is 88.0 Å². The minimum Gasteiger partial charge on any atom is -0.352 e. The van der Waals surface area contributed by atoms with Crippen LogP contribution in [-0.4, -0.2) is 95.7 Å². The zero-order valence-corrected chi connectivity index (χ0v) is 17.7. The molecule has 0 bridgehead atoms. The number of hydrogen-bond donors (Lipinski definition) is 0. The second-order valence-electron chi connectivity index (χ2n) is 8.78. The number of sulfonamides is 1. The molecule has 0 unspecified atom stereocenters. The fraction of sp³-hybridized carbons (Fsp3) is 0.789. The SMILES string of the molecule is CN1CCN(C(=O)[C@H]2Cn3ccnc3C3(CCN(S(=O)(=O)C4CC4)CC3)O2)CC1. The highest BCUT2D eigenvalue weighted by Crippen LogP contribution is 2.42. The number of aromatic nitrogens is 2. The molecule has 29 heavy (non-hydrogen) atoms. The number of ether oxygens (including phenoxy) is 1. The first-order valence-corrected chi connectivity index (χ1v) is 12.1. The molecule has 1 saturated carbocycles. The lowest BCUT2D eigenvalue weighted by Crippen LogP contribution is -2.57. The Hall–Kier alpha value is -1.49. The van der Waals surface area contributed by atoms with Gasteiger partial charge in [0.2, 0.25) is 10.0 Å². The third-order valence-corrected chi connectivity index (χ3v) is 9.18. The number of rotatable bonds is 3. The van der Waals surface area contributed by atoms with Gasteiger partial charge in [-0.25, -0.2) is 17.7 Å². The average Bonchev–Trinajstić information content (AvgIpc) is 3.47. The quantitative estimate of drug-likeness (QED) is 0.671. The summed E-state index contributed by atoms with van der Waals surface area (Å²) in [5.41, 5.74) is -0.690. The van der Waals surface area contributed by atoms with Gasteiger partial charge in [-0.1, -0.05) is 0 Å². The Balaban J connectivity index is 1.34. The highest BCUT2D eigenvalue weighted by Gasteiger charge is 2.50. The van der Waals surface area contributed by atoms with Crippen LogP contribution >= 0.6 is 0 Å². The van der Waals surface area contributed by atoms with Gasteiger partial charge >= 0.3 is 0 Å². The van der Waals surface area contributed by atoms with Gasteiger partial charge in [0, 0.05) is 51.7 Å². The van der Waals surface area contributed by atoms with Crippen LogP contribution < -0.4 is 0 Å². The van der Waals surface area contributed by atoms with E-state index in [-0.39, 0.29) is 11.2 Å². The number of piperidine rings is 1.